The number of rotatable bonds is 13. The number of hydrogen-bond acceptors (Lipinski definition) is 6. The molecule has 2 heterocycles. The Morgan fingerprint density at radius 1 is 1.08 bits per heavy atom. The Hall–Kier alpha value is -4.71. The topological polar surface area (TPSA) is 131 Å². The van der Waals surface area contributed by atoms with Gasteiger partial charge >= 0.3 is 0 Å². The van der Waals surface area contributed by atoms with Gasteiger partial charge in [0.1, 0.15) is 23.9 Å². The van der Waals surface area contributed by atoms with Crippen LogP contribution < -0.4 is 11.1 Å². The maximum absolute atomic E-state index is 15.2. The molecule has 1 saturated carbocycles. The second kappa shape index (κ2) is 13.8. The molecule has 0 bridgehead atoms. The van der Waals surface area contributed by atoms with Crippen molar-refractivity contribution in [2.24, 2.45) is 11.1 Å². The van der Waals surface area contributed by atoms with E-state index < -0.39 is 65.7 Å². The average Bonchev–Trinajstić information content (AvgIpc) is 3.63. The molecule has 3 N–H and O–H groups in total. The lowest BCUT2D eigenvalue weighted by molar-refractivity contribution is -0.147. The van der Waals surface area contributed by atoms with Crippen LogP contribution in [-0.2, 0) is 25.7 Å². The van der Waals surface area contributed by atoms with Crippen LogP contribution in [0.1, 0.15) is 63.0 Å². The van der Waals surface area contributed by atoms with E-state index in [2.05, 4.69) is 5.32 Å². The third-order valence-electron chi connectivity index (χ3n) is 8.82. The lowest BCUT2D eigenvalue weighted by Crippen LogP contribution is -2.54. The van der Waals surface area contributed by atoms with E-state index >= 15 is 4.39 Å². The molecule has 1 aromatic heterocycles. The minimum Gasteiger partial charge on any atom is -0.345 e. The molecule has 2 atom stereocenters. The Kier molecular flexibility index (Phi) is 9.95. The SMILES string of the molecule is Cc1ccc(F)c(-c2cn(Cc3ccccc3)c([C@H](N(CC[C@H](N)CF)C(=O)CNC(=O)C3(N4C(=O)C=CC4=O)CC3)C(C)(C)C)n2)c1. The van der Waals surface area contributed by atoms with Crippen molar-refractivity contribution in [3.05, 3.63) is 89.6 Å². The maximum atomic E-state index is 15.2. The predicted octanol–water partition coefficient (Wildman–Crippen LogP) is 4.22. The zero-order valence-electron chi connectivity index (χ0n) is 27.7. The Labute approximate surface area is 279 Å². The van der Waals surface area contributed by atoms with Crippen molar-refractivity contribution < 1.29 is 28.0 Å². The number of aromatic nitrogens is 2. The minimum absolute atomic E-state index is 0.0478. The molecule has 0 spiro atoms. The largest absolute Gasteiger partial charge is 0.345 e. The second-order valence-corrected chi connectivity index (χ2v) is 13.7. The fourth-order valence-corrected chi connectivity index (χ4v) is 6.21. The van der Waals surface area contributed by atoms with Crippen molar-refractivity contribution in [3.8, 4) is 11.3 Å². The number of benzene rings is 2. The Morgan fingerprint density at radius 2 is 1.75 bits per heavy atom. The highest BCUT2D eigenvalue weighted by molar-refractivity contribution is 6.16. The summed E-state index contributed by atoms with van der Waals surface area (Å²) in [4.78, 5) is 59.7. The van der Waals surface area contributed by atoms with E-state index in [1.165, 1.54) is 6.07 Å². The van der Waals surface area contributed by atoms with Gasteiger partial charge in [0.15, 0.2) is 0 Å². The van der Waals surface area contributed by atoms with Crippen LogP contribution in [0.2, 0.25) is 0 Å². The number of carbonyl (C=O) groups excluding carboxylic acids is 4. The van der Waals surface area contributed by atoms with Crippen molar-refractivity contribution in [2.75, 3.05) is 19.8 Å². The fourth-order valence-electron chi connectivity index (χ4n) is 6.21. The average molecular weight is 661 g/mol. The molecule has 2 aliphatic rings. The number of carbonyl (C=O) groups is 4. The van der Waals surface area contributed by atoms with Crippen LogP contribution >= 0.6 is 0 Å². The first-order chi connectivity index (χ1) is 22.7. The first kappa shape index (κ1) is 34.6. The maximum Gasteiger partial charge on any atom is 0.254 e. The Balaban J connectivity index is 1.52. The molecule has 4 amide bonds. The Bertz CT molecular complexity index is 1710. The van der Waals surface area contributed by atoms with E-state index in [1.807, 2.05) is 62.6 Å². The first-order valence-electron chi connectivity index (χ1n) is 16.1. The molecular weight excluding hydrogens is 618 g/mol. The summed E-state index contributed by atoms with van der Waals surface area (Å²) >= 11 is 0. The van der Waals surface area contributed by atoms with Crippen molar-refractivity contribution >= 4 is 23.6 Å². The number of aryl methyl sites for hydroxylation is 1. The number of amides is 4. The third kappa shape index (κ3) is 7.23. The molecule has 12 heteroatoms. The van der Waals surface area contributed by atoms with Crippen molar-refractivity contribution in [3.63, 3.8) is 0 Å². The molecule has 10 nitrogen and oxygen atoms in total. The van der Waals surface area contributed by atoms with Crippen molar-refractivity contribution in [2.45, 2.75) is 71.1 Å². The molecule has 0 unspecified atom stereocenters. The van der Waals surface area contributed by atoms with E-state index in [0.29, 0.717) is 36.5 Å². The number of imide groups is 1. The van der Waals surface area contributed by atoms with Crippen molar-refractivity contribution in [1.29, 1.82) is 0 Å². The number of halogens is 2. The number of imidazole rings is 1. The summed E-state index contributed by atoms with van der Waals surface area (Å²) in [5.74, 6) is -2.18. The molecule has 5 rings (SSSR count). The highest BCUT2D eigenvalue weighted by atomic mass is 19.1. The summed E-state index contributed by atoms with van der Waals surface area (Å²) in [6.07, 6.45) is 4.74. The molecule has 1 fully saturated rings. The summed E-state index contributed by atoms with van der Waals surface area (Å²) in [5.41, 5.74) is 6.51. The van der Waals surface area contributed by atoms with Crippen LogP contribution in [-0.4, -0.2) is 74.3 Å². The second-order valence-electron chi connectivity index (χ2n) is 13.7. The number of alkyl halides is 1. The number of hydrogen-bond donors (Lipinski definition) is 2. The molecular formula is C36H42F2N6O4. The van der Waals surface area contributed by atoms with Crippen molar-refractivity contribution in [1.82, 2.24) is 24.7 Å². The van der Waals surface area contributed by atoms with E-state index in [9.17, 15) is 23.6 Å². The third-order valence-corrected chi connectivity index (χ3v) is 8.82. The molecule has 48 heavy (non-hydrogen) atoms. The summed E-state index contributed by atoms with van der Waals surface area (Å²) in [6.45, 7) is 6.88. The predicted molar refractivity (Wildman–Crippen MR) is 176 cm³/mol. The molecule has 254 valence electrons. The van der Waals surface area contributed by atoms with Gasteiger partial charge in [0.25, 0.3) is 11.8 Å². The van der Waals surface area contributed by atoms with E-state index in [4.69, 9.17) is 10.7 Å². The van der Waals surface area contributed by atoms with Gasteiger partial charge in [0.05, 0.1) is 18.3 Å². The zero-order chi connectivity index (χ0) is 34.8. The van der Waals surface area contributed by atoms with Gasteiger partial charge in [0, 0.05) is 43.0 Å². The van der Waals surface area contributed by atoms with Gasteiger partial charge in [-0.15, -0.1) is 0 Å². The van der Waals surface area contributed by atoms with Crippen LogP contribution in [0.4, 0.5) is 8.78 Å². The zero-order valence-corrected chi connectivity index (χ0v) is 27.7. The monoisotopic (exact) mass is 660 g/mol. The van der Waals surface area contributed by atoms with Crippen LogP contribution in [0.25, 0.3) is 11.3 Å². The summed E-state index contributed by atoms with van der Waals surface area (Å²) < 4.78 is 30.6. The standard InChI is InChI=1S/C36H42F2N6O4/c1-23-10-11-27(38)26(18-23)28-22-42(21-24-8-6-5-7-9-24)33(41-28)32(35(2,3)4)43(17-14-25(39)19-37)31(47)20-40-34(48)36(15-16-36)44-29(45)12-13-30(44)46/h5-13,18,22,25,32H,14-17,19-21,39H2,1-4H3,(H,40,48)/t25-,32-/m0/s1. The van der Waals surface area contributed by atoms with Gasteiger partial charge in [-0.05, 0) is 49.3 Å². The lowest BCUT2D eigenvalue weighted by Gasteiger charge is -2.40. The highest BCUT2D eigenvalue weighted by Gasteiger charge is 2.59. The van der Waals surface area contributed by atoms with Crippen LogP contribution in [0.5, 0.6) is 0 Å². The molecule has 3 aromatic rings. The minimum atomic E-state index is -1.33. The molecule has 1 aliphatic heterocycles. The fraction of sp³-hybridized carbons (Fsp3) is 0.417. The number of nitrogens with zero attached hydrogens (tertiary/aromatic N) is 4. The van der Waals surface area contributed by atoms with Gasteiger partial charge in [0.2, 0.25) is 11.8 Å². The van der Waals surface area contributed by atoms with Crippen LogP contribution in [0.15, 0.2) is 66.9 Å². The Morgan fingerprint density at radius 3 is 2.35 bits per heavy atom. The van der Waals surface area contributed by atoms with Crippen LogP contribution in [0.3, 0.4) is 0 Å². The normalized spacial score (nSPS) is 16.6. The van der Waals surface area contributed by atoms with E-state index in [0.717, 1.165) is 28.2 Å². The van der Waals surface area contributed by atoms with Crippen LogP contribution in [0, 0.1) is 18.2 Å². The van der Waals surface area contributed by atoms with Gasteiger partial charge in [-0.25, -0.2) is 13.8 Å². The van der Waals surface area contributed by atoms with Gasteiger partial charge < -0.3 is 20.5 Å². The molecule has 0 saturated heterocycles. The van der Waals surface area contributed by atoms with Gasteiger partial charge in [-0.1, -0.05) is 62.7 Å². The highest BCUT2D eigenvalue weighted by Crippen LogP contribution is 2.44. The quantitative estimate of drug-likeness (QED) is 0.264. The summed E-state index contributed by atoms with van der Waals surface area (Å²) in [5, 5.41) is 2.66. The molecule has 2 aromatic carbocycles. The van der Waals surface area contributed by atoms with E-state index in [1.54, 1.807) is 23.2 Å². The smallest absolute Gasteiger partial charge is 0.254 e. The molecule has 1 aliphatic carbocycles. The van der Waals surface area contributed by atoms with Gasteiger partial charge in [-0.2, -0.15) is 0 Å². The number of nitrogens with two attached hydrogens (primary N) is 1. The number of nitrogens with one attached hydrogen (secondary N) is 1. The lowest BCUT2D eigenvalue weighted by atomic mass is 9.84. The first-order valence-corrected chi connectivity index (χ1v) is 16.1. The summed E-state index contributed by atoms with van der Waals surface area (Å²) in [6, 6.07) is 12.9. The molecule has 0 radical (unpaired) electrons. The van der Waals surface area contributed by atoms with Gasteiger partial charge in [-0.3, -0.25) is 24.1 Å². The van der Waals surface area contributed by atoms with E-state index in [-0.39, 0.29) is 13.0 Å². The summed E-state index contributed by atoms with van der Waals surface area (Å²) in [7, 11) is 0.